The van der Waals surface area contributed by atoms with Gasteiger partial charge in [-0.1, -0.05) is 48.6 Å². The van der Waals surface area contributed by atoms with Crippen LogP contribution in [0.4, 0.5) is 0 Å². The zero-order chi connectivity index (χ0) is 12.8. The fourth-order valence-electron chi connectivity index (χ4n) is 1.71. The van der Waals surface area contributed by atoms with Gasteiger partial charge in [-0.15, -0.1) is 0 Å². The first kappa shape index (κ1) is 12.2. The maximum atomic E-state index is 5.27. The van der Waals surface area contributed by atoms with Crippen LogP contribution in [0.1, 0.15) is 11.1 Å². The second kappa shape index (κ2) is 5.92. The van der Waals surface area contributed by atoms with Crippen molar-refractivity contribution in [1.82, 2.24) is 0 Å². The highest BCUT2D eigenvalue weighted by molar-refractivity contribution is 5.70. The minimum Gasteiger partial charge on any atom is -0.493 e. The summed E-state index contributed by atoms with van der Waals surface area (Å²) in [6, 6.07) is 16.0. The SMILES string of the molecule is COc1ccc(C=Cc2ccccc2)cc1OC. The molecule has 0 amide bonds. The van der Waals surface area contributed by atoms with Crippen LogP contribution in [0.15, 0.2) is 48.5 Å². The molecule has 0 atom stereocenters. The summed E-state index contributed by atoms with van der Waals surface area (Å²) >= 11 is 0. The molecule has 2 rings (SSSR count). The number of ether oxygens (including phenoxy) is 2. The third-order valence-corrected chi connectivity index (χ3v) is 2.68. The zero-order valence-corrected chi connectivity index (χ0v) is 10.6. The van der Waals surface area contributed by atoms with Crippen LogP contribution in [-0.4, -0.2) is 14.2 Å². The van der Waals surface area contributed by atoms with E-state index < -0.39 is 0 Å². The summed E-state index contributed by atoms with van der Waals surface area (Å²) in [5, 5.41) is 0. The lowest BCUT2D eigenvalue weighted by Crippen LogP contribution is -1.90. The molecule has 0 fully saturated rings. The number of benzene rings is 2. The molecule has 0 spiro atoms. The van der Waals surface area contributed by atoms with Crippen LogP contribution in [0, 0.1) is 0 Å². The van der Waals surface area contributed by atoms with E-state index in [9.17, 15) is 0 Å². The fraction of sp³-hybridized carbons (Fsp3) is 0.125. The van der Waals surface area contributed by atoms with Crippen molar-refractivity contribution in [2.75, 3.05) is 14.2 Å². The quantitative estimate of drug-likeness (QED) is 0.755. The molecule has 0 unspecified atom stereocenters. The Morgan fingerprint density at radius 3 is 2.06 bits per heavy atom. The third kappa shape index (κ3) is 2.92. The molecule has 0 aliphatic heterocycles. The van der Waals surface area contributed by atoms with Crippen LogP contribution >= 0.6 is 0 Å². The molecule has 0 saturated carbocycles. The molecule has 0 N–H and O–H groups in total. The van der Waals surface area contributed by atoms with Crippen LogP contribution in [-0.2, 0) is 0 Å². The lowest BCUT2D eigenvalue weighted by molar-refractivity contribution is 0.355. The van der Waals surface area contributed by atoms with Gasteiger partial charge in [0.2, 0.25) is 0 Å². The smallest absolute Gasteiger partial charge is 0.161 e. The molecule has 2 heteroatoms. The zero-order valence-electron chi connectivity index (χ0n) is 10.6. The molecule has 0 radical (unpaired) electrons. The van der Waals surface area contributed by atoms with Gasteiger partial charge in [0.15, 0.2) is 11.5 Å². The van der Waals surface area contributed by atoms with Gasteiger partial charge in [0.05, 0.1) is 14.2 Å². The summed E-state index contributed by atoms with van der Waals surface area (Å²) in [6.45, 7) is 0. The number of hydrogen-bond acceptors (Lipinski definition) is 2. The van der Waals surface area contributed by atoms with Crippen molar-refractivity contribution in [2.45, 2.75) is 0 Å². The standard InChI is InChI=1S/C16H16O2/c1-17-15-11-10-14(12-16(15)18-2)9-8-13-6-4-3-5-7-13/h3-12H,1-2H3. The Morgan fingerprint density at radius 2 is 1.39 bits per heavy atom. The van der Waals surface area contributed by atoms with E-state index in [2.05, 4.69) is 24.3 Å². The Kier molecular flexibility index (Phi) is 4.02. The predicted octanol–water partition coefficient (Wildman–Crippen LogP) is 3.87. The van der Waals surface area contributed by atoms with Crippen LogP contribution in [0.25, 0.3) is 12.2 Å². The Hall–Kier alpha value is -2.22. The second-order valence-electron chi connectivity index (χ2n) is 3.86. The van der Waals surface area contributed by atoms with Gasteiger partial charge in [0, 0.05) is 0 Å². The third-order valence-electron chi connectivity index (χ3n) is 2.68. The molecule has 0 aliphatic rings. The summed E-state index contributed by atoms with van der Waals surface area (Å²) < 4.78 is 10.5. The first-order chi connectivity index (χ1) is 8.83. The van der Waals surface area contributed by atoms with Gasteiger partial charge in [0.25, 0.3) is 0 Å². The van der Waals surface area contributed by atoms with E-state index >= 15 is 0 Å². The average Bonchev–Trinajstić information content (AvgIpc) is 2.45. The van der Waals surface area contributed by atoms with Crippen molar-refractivity contribution >= 4 is 12.2 Å². The molecule has 92 valence electrons. The van der Waals surface area contributed by atoms with E-state index in [4.69, 9.17) is 9.47 Å². The molecule has 0 saturated heterocycles. The van der Waals surface area contributed by atoms with Crippen molar-refractivity contribution in [3.05, 3.63) is 59.7 Å². The minimum absolute atomic E-state index is 0.743. The van der Waals surface area contributed by atoms with Gasteiger partial charge in [-0.2, -0.15) is 0 Å². The molecular weight excluding hydrogens is 224 g/mol. The molecule has 0 heterocycles. The van der Waals surface area contributed by atoms with Gasteiger partial charge in [0.1, 0.15) is 0 Å². The average molecular weight is 240 g/mol. The molecule has 2 aromatic rings. The number of hydrogen-bond donors (Lipinski definition) is 0. The van der Waals surface area contributed by atoms with E-state index in [0.717, 1.165) is 17.1 Å². The van der Waals surface area contributed by atoms with Crippen molar-refractivity contribution in [3.63, 3.8) is 0 Å². The lowest BCUT2D eigenvalue weighted by Gasteiger charge is -2.07. The summed E-state index contributed by atoms with van der Waals surface area (Å²) in [5.41, 5.74) is 2.25. The van der Waals surface area contributed by atoms with Crippen LogP contribution in [0.5, 0.6) is 11.5 Å². The highest BCUT2D eigenvalue weighted by atomic mass is 16.5. The summed E-state index contributed by atoms with van der Waals surface area (Å²) in [4.78, 5) is 0. The first-order valence-corrected chi connectivity index (χ1v) is 5.78. The Bertz CT molecular complexity index is 530. The molecule has 18 heavy (non-hydrogen) atoms. The summed E-state index contributed by atoms with van der Waals surface area (Å²) in [7, 11) is 3.28. The molecule has 0 aliphatic carbocycles. The van der Waals surface area contributed by atoms with Crippen molar-refractivity contribution < 1.29 is 9.47 Å². The van der Waals surface area contributed by atoms with Crippen LogP contribution < -0.4 is 9.47 Å². The highest BCUT2D eigenvalue weighted by Crippen LogP contribution is 2.28. The topological polar surface area (TPSA) is 18.5 Å². The second-order valence-corrected chi connectivity index (χ2v) is 3.86. The largest absolute Gasteiger partial charge is 0.493 e. The summed E-state index contributed by atoms with van der Waals surface area (Å²) in [5.74, 6) is 1.49. The molecule has 0 aromatic heterocycles. The maximum absolute atomic E-state index is 5.27. The van der Waals surface area contributed by atoms with E-state index in [-0.39, 0.29) is 0 Å². The van der Waals surface area contributed by atoms with Gasteiger partial charge in [-0.05, 0) is 23.3 Å². The van der Waals surface area contributed by atoms with Crippen molar-refractivity contribution in [1.29, 1.82) is 0 Å². The van der Waals surface area contributed by atoms with Crippen molar-refractivity contribution in [2.24, 2.45) is 0 Å². The molecule has 2 aromatic carbocycles. The van der Waals surface area contributed by atoms with Gasteiger partial charge < -0.3 is 9.47 Å². The van der Waals surface area contributed by atoms with E-state index in [1.807, 2.05) is 36.4 Å². The number of methoxy groups -OCH3 is 2. The number of rotatable bonds is 4. The minimum atomic E-state index is 0.743. The Morgan fingerprint density at radius 1 is 0.722 bits per heavy atom. The maximum Gasteiger partial charge on any atom is 0.161 e. The predicted molar refractivity (Wildman–Crippen MR) is 74.9 cm³/mol. The fourth-order valence-corrected chi connectivity index (χ4v) is 1.71. The normalized spacial score (nSPS) is 10.6. The van der Waals surface area contributed by atoms with Gasteiger partial charge >= 0.3 is 0 Å². The van der Waals surface area contributed by atoms with E-state index in [0.29, 0.717) is 0 Å². The summed E-state index contributed by atoms with van der Waals surface area (Å²) in [6.07, 6.45) is 4.12. The molecular formula is C16H16O2. The lowest BCUT2D eigenvalue weighted by atomic mass is 10.1. The highest BCUT2D eigenvalue weighted by Gasteiger charge is 2.02. The van der Waals surface area contributed by atoms with Gasteiger partial charge in [-0.25, -0.2) is 0 Å². The molecule has 0 bridgehead atoms. The Labute approximate surface area is 107 Å². The van der Waals surface area contributed by atoms with Gasteiger partial charge in [-0.3, -0.25) is 0 Å². The van der Waals surface area contributed by atoms with Crippen molar-refractivity contribution in [3.8, 4) is 11.5 Å². The molecule has 2 nitrogen and oxygen atoms in total. The first-order valence-electron chi connectivity index (χ1n) is 5.78. The monoisotopic (exact) mass is 240 g/mol. The van der Waals surface area contributed by atoms with E-state index in [1.165, 1.54) is 5.56 Å². The Balaban J connectivity index is 2.22. The van der Waals surface area contributed by atoms with E-state index in [1.54, 1.807) is 14.2 Å². The van der Waals surface area contributed by atoms with Crippen LogP contribution in [0.2, 0.25) is 0 Å². The van der Waals surface area contributed by atoms with Crippen LogP contribution in [0.3, 0.4) is 0 Å².